The van der Waals surface area contributed by atoms with E-state index in [2.05, 4.69) is 0 Å². The van der Waals surface area contributed by atoms with Gasteiger partial charge in [0.15, 0.2) is 0 Å². The largest absolute Gasteiger partial charge is 0.399 e. The molecule has 0 aromatic heterocycles. The fraction of sp³-hybridized carbons (Fsp3) is 0.0769. The van der Waals surface area contributed by atoms with Gasteiger partial charge >= 0.3 is 0 Å². The molecule has 2 rings (SSSR count). The zero-order valence-corrected chi connectivity index (χ0v) is 11.8. The zero-order valence-electron chi connectivity index (χ0n) is 10.2. The van der Waals surface area contributed by atoms with E-state index in [-0.39, 0.29) is 9.92 Å². The molecule has 0 unspecified atom stereocenters. The zero-order chi connectivity index (χ0) is 14.0. The van der Waals surface area contributed by atoms with Crippen LogP contribution < -0.4 is 10.0 Å². The minimum Gasteiger partial charge on any atom is -0.399 e. The second-order valence-corrected chi connectivity index (χ2v) is 6.34. The molecule has 0 saturated heterocycles. The highest BCUT2D eigenvalue weighted by Gasteiger charge is 2.23. The maximum atomic E-state index is 12.5. The van der Waals surface area contributed by atoms with Crippen molar-refractivity contribution in [3.63, 3.8) is 0 Å². The first-order chi connectivity index (χ1) is 8.93. The summed E-state index contributed by atoms with van der Waals surface area (Å²) in [6, 6.07) is 13.1. The molecule has 0 saturated carbocycles. The summed E-state index contributed by atoms with van der Waals surface area (Å²) in [5.74, 6) is 0. The van der Waals surface area contributed by atoms with Gasteiger partial charge in [0.2, 0.25) is 0 Å². The van der Waals surface area contributed by atoms with Gasteiger partial charge in [-0.25, -0.2) is 8.42 Å². The summed E-state index contributed by atoms with van der Waals surface area (Å²) in [6.45, 7) is 0. The van der Waals surface area contributed by atoms with Crippen molar-refractivity contribution in [2.45, 2.75) is 4.90 Å². The Hall–Kier alpha value is -1.72. The number of nitrogens with zero attached hydrogens (tertiary/aromatic N) is 1. The highest BCUT2D eigenvalue weighted by atomic mass is 35.5. The number of hydrogen-bond acceptors (Lipinski definition) is 3. The first-order valence-corrected chi connectivity index (χ1v) is 7.34. The van der Waals surface area contributed by atoms with Gasteiger partial charge in [-0.3, -0.25) is 4.31 Å². The molecule has 0 aliphatic rings. The lowest BCUT2D eigenvalue weighted by atomic mass is 10.3. The number of anilines is 2. The molecule has 4 nitrogen and oxygen atoms in total. The number of hydrogen-bond donors (Lipinski definition) is 1. The van der Waals surface area contributed by atoms with Gasteiger partial charge in [0.25, 0.3) is 10.0 Å². The van der Waals surface area contributed by atoms with Crippen LogP contribution in [0.15, 0.2) is 53.4 Å². The quantitative estimate of drug-likeness (QED) is 0.886. The van der Waals surface area contributed by atoms with Crippen LogP contribution in [0.25, 0.3) is 0 Å². The predicted octanol–water partition coefficient (Wildman–Crippen LogP) is 2.75. The average Bonchev–Trinajstić information content (AvgIpc) is 2.38. The van der Waals surface area contributed by atoms with E-state index in [1.54, 1.807) is 24.3 Å². The molecule has 0 aliphatic heterocycles. The third-order valence-corrected chi connectivity index (χ3v) is 4.98. The minimum atomic E-state index is -3.69. The van der Waals surface area contributed by atoms with E-state index < -0.39 is 10.0 Å². The van der Waals surface area contributed by atoms with Crippen LogP contribution in [0.1, 0.15) is 0 Å². The molecule has 6 heteroatoms. The lowest BCUT2D eigenvalue weighted by Gasteiger charge is -2.20. The molecule has 2 aromatic rings. The van der Waals surface area contributed by atoms with Crippen molar-refractivity contribution in [2.75, 3.05) is 17.1 Å². The first-order valence-electron chi connectivity index (χ1n) is 5.52. The summed E-state index contributed by atoms with van der Waals surface area (Å²) in [5, 5.41) is 0.114. The van der Waals surface area contributed by atoms with Crippen molar-refractivity contribution in [2.24, 2.45) is 0 Å². The molecular weight excluding hydrogens is 284 g/mol. The molecule has 2 aromatic carbocycles. The second-order valence-electron chi connectivity index (χ2n) is 4.00. The van der Waals surface area contributed by atoms with Crippen molar-refractivity contribution in [3.05, 3.63) is 53.6 Å². The number of nitrogen functional groups attached to an aromatic ring is 1. The van der Waals surface area contributed by atoms with Crippen molar-refractivity contribution in [3.8, 4) is 0 Å². The normalized spacial score (nSPS) is 11.3. The third-order valence-electron chi connectivity index (χ3n) is 2.71. The van der Waals surface area contributed by atoms with E-state index in [0.717, 1.165) is 0 Å². The monoisotopic (exact) mass is 296 g/mol. The maximum absolute atomic E-state index is 12.5. The van der Waals surface area contributed by atoms with Gasteiger partial charge in [-0.15, -0.1) is 0 Å². The maximum Gasteiger partial charge on any atom is 0.265 e. The van der Waals surface area contributed by atoms with Crippen LogP contribution in [0.5, 0.6) is 0 Å². The summed E-state index contributed by atoms with van der Waals surface area (Å²) in [5.41, 5.74) is 6.55. The lowest BCUT2D eigenvalue weighted by Crippen LogP contribution is -2.26. The summed E-state index contributed by atoms with van der Waals surface area (Å²) >= 11 is 5.96. The van der Waals surface area contributed by atoms with Crippen LogP contribution in [0.3, 0.4) is 0 Å². The number of benzene rings is 2. The number of rotatable bonds is 3. The van der Waals surface area contributed by atoms with Gasteiger partial charge in [0, 0.05) is 12.7 Å². The van der Waals surface area contributed by atoms with Gasteiger partial charge in [0.05, 0.1) is 10.7 Å². The van der Waals surface area contributed by atoms with Crippen LogP contribution in [-0.2, 0) is 10.0 Å². The van der Waals surface area contributed by atoms with Crippen LogP contribution in [0, 0.1) is 0 Å². The Balaban J connectivity index is 2.48. The van der Waals surface area contributed by atoms with Gasteiger partial charge in [-0.05, 0) is 30.3 Å². The molecule has 0 spiro atoms. The van der Waals surface area contributed by atoms with Gasteiger partial charge in [-0.1, -0.05) is 29.8 Å². The van der Waals surface area contributed by atoms with Gasteiger partial charge < -0.3 is 5.73 Å². The third kappa shape index (κ3) is 2.67. The molecule has 19 heavy (non-hydrogen) atoms. The van der Waals surface area contributed by atoms with E-state index in [9.17, 15) is 8.42 Å². The molecule has 0 heterocycles. The average molecular weight is 297 g/mol. The fourth-order valence-electron chi connectivity index (χ4n) is 1.65. The Morgan fingerprint density at radius 1 is 1.11 bits per heavy atom. The van der Waals surface area contributed by atoms with Crippen molar-refractivity contribution < 1.29 is 8.42 Å². The summed E-state index contributed by atoms with van der Waals surface area (Å²) < 4.78 is 26.1. The summed E-state index contributed by atoms with van der Waals surface area (Å²) in [7, 11) is -2.21. The van der Waals surface area contributed by atoms with E-state index in [4.69, 9.17) is 17.3 Å². The van der Waals surface area contributed by atoms with Crippen LogP contribution >= 0.6 is 11.6 Å². The predicted molar refractivity (Wildman–Crippen MR) is 77.9 cm³/mol. The Kier molecular flexibility index (Phi) is 3.68. The molecule has 2 N–H and O–H groups in total. The number of halogens is 1. The molecule has 0 fully saturated rings. The number of sulfonamides is 1. The highest BCUT2D eigenvalue weighted by Crippen LogP contribution is 2.28. The van der Waals surface area contributed by atoms with E-state index in [1.807, 2.05) is 6.07 Å². The smallest absolute Gasteiger partial charge is 0.265 e. The molecule has 0 aliphatic carbocycles. The van der Waals surface area contributed by atoms with Gasteiger partial charge in [-0.2, -0.15) is 0 Å². The molecule has 0 radical (unpaired) electrons. The Morgan fingerprint density at radius 3 is 2.32 bits per heavy atom. The minimum absolute atomic E-state index is 0.0368. The van der Waals surface area contributed by atoms with Crippen LogP contribution in [0.4, 0.5) is 11.4 Å². The van der Waals surface area contributed by atoms with Crippen LogP contribution in [0.2, 0.25) is 5.02 Å². The van der Waals surface area contributed by atoms with E-state index in [1.165, 1.54) is 29.6 Å². The summed E-state index contributed by atoms with van der Waals surface area (Å²) in [4.78, 5) is 0.0368. The molecule has 100 valence electrons. The molecule has 0 atom stereocenters. The SMILES string of the molecule is CN(c1ccccc1)S(=O)(=O)c1ccc(N)cc1Cl. The van der Waals surface area contributed by atoms with Crippen molar-refractivity contribution >= 4 is 33.0 Å². The molecule has 0 amide bonds. The standard InChI is InChI=1S/C13H13ClN2O2S/c1-16(11-5-3-2-4-6-11)19(17,18)13-8-7-10(15)9-12(13)14/h2-9H,15H2,1H3. The van der Waals surface area contributed by atoms with Gasteiger partial charge in [0.1, 0.15) is 4.90 Å². The highest BCUT2D eigenvalue weighted by molar-refractivity contribution is 7.93. The summed E-state index contributed by atoms with van der Waals surface area (Å²) in [6.07, 6.45) is 0. The fourth-order valence-corrected chi connectivity index (χ4v) is 3.37. The van der Waals surface area contributed by atoms with E-state index in [0.29, 0.717) is 11.4 Å². The molecule has 0 bridgehead atoms. The van der Waals surface area contributed by atoms with Crippen LogP contribution in [-0.4, -0.2) is 15.5 Å². The molecular formula is C13H13ClN2O2S. The number of para-hydroxylation sites is 1. The first kappa shape index (κ1) is 13.7. The lowest BCUT2D eigenvalue weighted by molar-refractivity contribution is 0.594. The second kappa shape index (κ2) is 5.11. The van der Waals surface area contributed by atoms with E-state index >= 15 is 0 Å². The van der Waals surface area contributed by atoms with Crippen molar-refractivity contribution in [1.29, 1.82) is 0 Å². The Morgan fingerprint density at radius 2 is 1.74 bits per heavy atom. The Labute approximate surface area is 117 Å². The van der Waals surface area contributed by atoms with Crippen molar-refractivity contribution in [1.82, 2.24) is 0 Å². The Bertz CT molecular complexity index is 687. The topological polar surface area (TPSA) is 63.4 Å². The number of nitrogens with two attached hydrogens (primary N) is 1.